The van der Waals surface area contributed by atoms with Gasteiger partial charge in [-0.2, -0.15) is 12.6 Å². The molecule has 1 aliphatic heterocycles. The fourth-order valence-electron chi connectivity index (χ4n) is 1.13. The summed E-state index contributed by atoms with van der Waals surface area (Å²) in [6, 6.07) is 0. The molecule has 1 rings (SSSR count). The van der Waals surface area contributed by atoms with Crippen LogP contribution in [0.25, 0.3) is 0 Å². The van der Waals surface area contributed by atoms with Crippen LogP contribution in [0.3, 0.4) is 0 Å². The van der Waals surface area contributed by atoms with Gasteiger partial charge in [-0.15, -0.1) is 0 Å². The summed E-state index contributed by atoms with van der Waals surface area (Å²) in [5.74, 6) is 0.342. The first-order chi connectivity index (χ1) is 5.20. The summed E-state index contributed by atoms with van der Waals surface area (Å²) in [6.07, 6.45) is -3.05. The summed E-state index contributed by atoms with van der Waals surface area (Å²) in [4.78, 5) is 0. The molecule has 4 unspecified atom stereocenters. The lowest BCUT2D eigenvalue weighted by Crippen LogP contribution is -2.34. The Bertz CT molecular complexity index is 114. The molecule has 0 aromatic carbocycles. The van der Waals surface area contributed by atoms with E-state index < -0.39 is 24.4 Å². The number of ether oxygens (including phenoxy) is 1. The fourth-order valence-corrected chi connectivity index (χ4v) is 1.43. The predicted octanol–water partition coefficient (Wildman–Crippen LogP) is -1.60. The summed E-state index contributed by atoms with van der Waals surface area (Å²) < 4.78 is 5.06. The van der Waals surface area contributed by atoms with Crippen LogP contribution < -0.4 is 0 Å². The second kappa shape index (κ2) is 3.73. The van der Waals surface area contributed by atoms with Crippen LogP contribution in [0, 0.1) is 0 Å². The van der Waals surface area contributed by atoms with Crippen LogP contribution in [-0.2, 0) is 4.74 Å². The third kappa shape index (κ3) is 1.68. The number of thiol groups is 1. The highest BCUT2D eigenvalue weighted by Crippen LogP contribution is 2.21. The van der Waals surface area contributed by atoms with E-state index in [9.17, 15) is 10.2 Å². The number of aliphatic hydroxyl groups excluding tert-OH is 3. The molecule has 3 N–H and O–H groups in total. The molecule has 0 bridgehead atoms. The highest BCUT2D eigenvalue weighted by atomic mass is 32.1. The Hall–Kier alpha value is 0.190. The van der Waals surface area contributed by atoms with Gasteiger partial charge in [0.05, 0.1) is 12.7 Å². The highest BCUT2D eigenvalue weighted by Gasteiger charge is 2.41. The molecule has 1 saturated heterocycles. The third-order valence-corrected chi connectivity index (χ3v) is 2.18. The van der Waals surface area contributed by atoms with Gasteiger partial charge >= 0.3 is 0 Å². The van der Waals surface area contributed by atoms with E-state index in [1.807, 2.05) is 0 Å². The first-order valence-corrected chi connectivity index (χ1v) is 4.07. The average Bonchev–Trinajstić information content (AvgIpc) is 2.30. The van der Waals surface area contributed by atoms with E-state index >= 15 is 0 Å². The van der Waals surface area contributed by atoms with Gasteiger partial charge in [0.25, 0.3) is 0 Å². The molecular weight excluding hydrogens is 168 g/mol. The molecular formula is C6H12O4S. The number of hydrogen-bond acceptors (Lipinski definition) is 5. The maximum absolute atomic E-state index is 9.22. The van der Waals surface area contributed by atoms with Gasteiger partial charge in [-0.1, -0.05) is 0 Å². The van der Waals surface area contributed by atoms with Crippen molar-refractivity contribution < 1.29 is 20.1 Å². The molecule has 4 nitrogen and oxygen atoms in total. The van der Waals surface area contributed by atoms with Gasteiger partial charge in [0.15, 0.2) is 0 Å². The van der Waals surface area contributed by atoms with E-state index in [2.05, 4.69) is 12.6 Å². The van der Waals surface area contributed by atoms with Gasteiger partial charge < -0.3 is 20.1 Å². The van der Waals surface area contributed by atoms with Crippen molar-refractivity contribution in [1.82, 2.24) is 0 Å². The van der Waals surface area contributed by atoms with Gasteiger partial charge in [0.2, 0.25) is 0 Å². The van der Waals surface area contributed by atoms with Gasteiger partial charge in [-0.3, -0.25) is 0 Å². The van der Waals surface area contributed by atoms with Gasteiger partial charge in [-0.05, 0) is 0 Å². The zero-order valence-electron chi connectivity index (χ0n) is 5.92. The predicted molar refractivity (Wildman–Crippen MR) is 41.6 cm³/mol. The van der Waals surface area contributed by atoms with E-state index in [4.69, 9.17) is 9.84 Å². The monoisotopic (exact) mass is 180 g/mol. The van der Waals surface area contributed by atoms with Crippen LogP contribution in [0.15, 0.2) is 0 Å². The second-order valence-electron chi connectivity index (χ2n) is 2.56. The molecule has 0 spiro atoms. The third-order valence-electron chi connectivity index (χ3n) is 1.82. The number of aliphatic hydroxyl groups is 3. The van der Waals surface area contributed by atoms with Crippen molar-refractivity contribution in [3.05, 3.63) is 0 Å². The van der Waals surface area contributed by atoms with Crippen molar-refractivity contribution in [1.29, 1.82) is 0 Å². The van der Waals surface area contributed by atoms with E-state index in [0.717, 1.165) is 0 Å². The molecule has 0 amide bonds. The van der Waals surface area contributed by atoms with Gasteiger partial charge in [0.1, 0.15) is 18.3 Å². The first-order valence-electron chi connectivity index (χ1n) is 3.44. The Labute approximate surface area is 70.2 Å². The lowest BCUT2D eigenvalue weighted by atomic mass is 10.1. The lowest BCUT2D eigenvalue weighted by Gasteiger charge is -2.10. The standard InChI is InChI=1S/C6H12O4S/c7-1-3-5(8)6(9)4(2-11)10-3/h3-9,11H,1-2H2. The molecule has 1 fully saturated rings. The Morgan fingerprint density at radius 2 is 1.73 bits per heavy atom. The van der Waals surface area contributed by atoms with Crippen LogP contribution in [0.1, 0.15) is 0 Å². The van der Waals surface area contributed by atoms with Crippen molar-refractivity contribution >= 4 is 12.6 Å². The molecule has 66 valence electrons. The summed E-state index contributed by atoms with van der Waals surface area (Å²) in [6.45, 7) is -0.275. The van der Waals surface area contributed by atoms with E-state index in [-0.39, 0.29) is 6.61 Å². The molecule has 1 heterocycles. The normalized spacial score (nSPS) is 44.7. The molecule has 11 heavy (non-hydrogen) atoms. The van der Waals surface area contributed by atoms with E-state index in [1.165, 1.54) is 0 Å². The summed E-state index contributed by atoms with van der Waals surface area (Å²) in [5, 5.41) is 27.1. The number of rotatable bonds is 2. The summed E-state index contributed by atoms with van der Waals surface area (Å²) >= 11 is 3.92. The molecule has 0 radical (unpaired) electrons. The molecule has 0 aromatic heterocycles. The highest BCUT2D eigenvalue weighted by molar-refractivity contribution is 7.80. The minimum atomic E-state index is -0.989. The minimum Gasteiger partial charge on any atom is -0.394 e. The SMILES string of the molecule is OCC1OC(CS)C(O)C1O. The molecule has 0 aliphatic carbocycles. The van der Waals surface area contributed by atoms with Crippen molar-refractivity contribution in [3.8, 4) is 0 Å². The van der Waals surface area contributed by atoms with Gasteiger partial charge in [0, 0.05) is 5.75 Å². The fraction of sp³-hybridized carbons (Fsp3) is 1.00. The van der Waals surface area contributed by atoms with Crippen LogP contribution in [0.2, 0.25) is 0 Å². The molecule has 0 saturated carbocycles. The van der Waals surface area contributed by atoms with Crippen molar-refractivity contribution in [3.63, 3.8) is 0 Å². The van der Waals surface area contributed by atoms with Gasteiger partial charge in [-0.25, -0.2) is 0 Å². The Morgan fingerprint density at radius 1 is 1.18 bits per heavy atom. The quantitative estimate of drug-likeness (QED) is 0.386. The lowest BCUT2D eigenvalue weighted by molar-refractivity contribution is -0.0161. The maximum Gasteiger partial charge on any atom is 0.111 e. The molecule has 4 atom stereocenters. The Morgan fingerprint density at radius 3 is 2.00 bits per heavy atom. The van der Waals surface area contributed by atoms with Crippen LogP contribution >= 0.6 is 12.6 Å². The Kier molecular flexibility index (Phi) is 3.15. The maximum atomic E-state index is 9.22. The molecule has 1 aliphatic rings. The second-order valence-corrected chi connectivity index (χ2v) is 2.92. The minimum absolute atomic E-state index is 0.275. The van der Waals surface area contributed by atoms with Crippen molar-refractivity contribution in [2.75, 3.05) is 12.4 Å². The zero-order valence-corrected chi connectivity index (χ0v) is 6.82. The number of hydrogen-bond donors (Lipinski definition) is 4. The van der Waals surface area contributed by atoms with E-state index in [0.29, 0.717) is 5.75 Å². The zero-order chi connectivity index (χ0) is 8.43. The average molecular weight is 180 g/mol. The first kappa shape index (κ1) is 9.28. The van der Waals surface area contributed by atoms with Crippen LogP contribution in [0.4, 0.5) is 0 Å². The van der Waals surface area contributed by atoms with Crippen molar-refractivity contribution in [2.45, 2.75) is 24.4 Å². The molecule has 0 aromatic rings. The summed E-state index contributed by atoms with van der Waals surface area (Å²) in [7, 11) is 0. The van der Waals surface area contributed by atoms with Crippen LogP contribution in [-0.4, -0.2) is 52.1 Å². The molecule has 5 heteroatoms. The summed E-state index contributed by atoms with van der Waals surface area (Å²) in [5.41, 5.74) is 0. The van der Waals surface area contributed by atoms with Crippen molar-refractivity contribution in [2.24, 2.45) is 0 Å². The largest absolute Gasteiger partial charge is 0.394 e. The smallest absolute Gasteiger partial charge is 0.111 e. The van der Waals surface area contributed by atoms with Crippen LogP contribution in [0.5, 0.6) is 0 Å². The van der Waals surface area contributed by atoms with E-state index in [1.54, 1.807) is 0 Å². The topological polar surface area (TPSA) is 69.9 Å². The Balaban J connectivity index is 2.53.